The van der Waals surface area contributed by atoms with Crippen LogP contribution in [0.15, 0.2) is 24.3 Å². The summed E-state index contributed by atoms with van der Waals surface area (Å²) in [5.41, 5.74) is 1.10. The first-order chi connectivity index (χ1) is 12.2. The number of hydrogen-bond donors (Lipinski definition) is 1. The molecule has 2 aromatic rings. The minimum absolute atomic E-state index is 0.119. The van der Waals surface area contributed by atoms with Gasteiger partial charge in [0, 0.05) is 13.0 Å². The predicted molar refractivity (Wildman–Crippen MR) is 90.2 cm³/mol. The molecular weight excluding hydrogens is 320 g/mol. The van der Waals surface area contributed by atoms with E-state index in [9.17, 15) is 4.79 Å². The molecule has 1 aromatic heterocycles. The lowest BCUT2D eigenvalue weighted by Gasteiger charge is -2.35. The predicted octanol–water partition coefficient (Wildman–Crippen LogP) is 1.52. The fourth-order valence-corrected chi connectivity index (χ4v) is 3.36. The van der Waals surface area contributed by atoms with Gasteiger partial charge in [-0.2, -0.15) is 5.10 Å². The van der Waals surface area contributed by atoms with Crippen LogP contribution < -0.4 is 4.74 Å². The van der Waals surface area contributed by atoms with Crippen LogP contribution >= 0.6 is 0 Å². The first-order valence-corrected chi connectivity index (χ1v) is 8.77. The highest BCUT2D eigenvalue weighted by atomic mass is 16.5. The van der Waals surface area contributed by atoms with Gasteiger partial charge in [0.25, 0.3) is 0 Å². The quantitative estimate of drug-likeness (QED) is 0.915. The van der Waals surface area contributed by atoms with Crippen LogP contribution in [0.3, 0.4) is 0 Å². The van der Waals surface area contributed by atoms with Crippen molar-refractivity contribution in [2.75, 3.05) is 26.3 Å². The van der Waals surface area contributed by atoms with Crippen molar-refractivity contribution in [2.24, 2.45) is 5.92 Å². The molecule has 132 valence electrons. The molecule has 4 rings (SSSR count). The topological polar surface area (TPSA) is 80.3 Å². The number of hydrogen-bond acceptors (Lipinski definition) is 5. The Morgan fingerprint density at radius 2 is 2.28 bits per heavy atom. The lowest BCUT2D eigenvalue weighted by molar-refractivity contribution is -0.145. The summed E-state index contributed by atoms with van der Waals surface area (Å²) in [6.07, 6.45) is 1.24. The van der Waals surface area contributed by atoms with Crippen molar-refractivity contribution in [3.63, 3.8) is 0 Å². The molecule has 0 radical (unpaired) electrons. The van der Waals surface area contributed by atoms with E-state index in [4.69, 9.17) is 9.47 Å². The maximum atomic E-state index is 12.9. The van der Waals surface area contributed by atoms with Crippen LogP contribution in [0.2, 0.25) is 0 Å². The molecular formula is C18H22N4O3. The second kappa shape index (κ2) is 6.84. The van der Waals surface area contributed by atoms with E-state index in [1.54, 1.807) is 0 Å². The number of nitrogens with one attached hydrogen (secondary N) is 1. The van der Waals surface area contributed by atoms with E-state index in [1.165, 1.54) is 0 Å². The molecule has 0 aliphatic carbocycles. The van der Waals surface area contributed by atoms with E-state index in [0.29, 0.717) is 32.1 Å². The van der Waals surface area contributed by atoms with Crippen molar-refractivity contribution in [1.29, 1.82) is 0 Å². The van der Waals surface area contributed by atoms with E-state index in [1.807, 2.05) is 36.1 Å². The van der Waals surface area contributed by atoms with Gasteiger partial charge in [-0.1, -0.05) is 25.1 Å². The molecule has 2 aliphatic heterocycles. The Morgan fingerprint density at radius 1 is 1.40 bits per heavy atom. The highest BCUT2D eigenvalue weighted by Gasteiger charge is 2.34. The second-order valence-electron chi connectivity index (χ2n) is 6.46. The van der Waals surface area contributed by atoms with E-state index >= 15 is 0 Å². The van der Waals surface area contributed by atoms with Crippen molar-refractivity contribution >= 4 is 5.91 Å². The lowest BCUT2D eigenvalue weighted by atomic mass is 9.95. The summed E-state index contributed by atoms with van der Waals surface area (Å²) in [7, 11) is 0. The van der Waals surface area contributed by atoms with Crippen molar-refractivity contribution in [3.05, 3.63) is 41.5 Å². The van der Waals surface area contributed by atoms with Crippen LogP contribution in [0.25, 0.3) is 0 Å². The molecule has 0 bridgehead atoms. The number of rotatable bonds is 3. The van der Waals surface area contributed by atoms with Crippen LogP contribution in [0.5, 0.6) is 5.75 Å². The average molecular weight is 342 g/mol. The summed E-state index contributed by atoms with van der Waals surface area (Å²) >= 11 is 0. The first-order valence-electron chi connectivity index (χ1n) is 8.77. The van der Waals surface area contributed by atoms with Crippen molar-refractivity contribution in [3.8, 4) is 5.75 Å². The zero-order chi connectivity index (χ0) is 17.2. The Hall–Kier alpha value is -2.41. The molecule has 1 fully saturated rings. The maximum absolute atomic E-state index is 12.9. The molecule has 2 aliphatic rings. The fourth-order valence-electron chi connectivity index (χ4n) is 3.36. The molecule has 1 aromatic carbocycles. The standard InChI is InChI=1S/C18H22N4O3/c1-2-16-19-17(21-20-16)15-10-22(7-8-24-15)18(23)13-9-12-5-3-4-6-14(12)25-11-13/h3-6,13,15H,2,7-11H2,1H3,(H,19,20,21)/t13-,15+/m1/s1. The second-order valence-corrected chi connectivity index (χ2v) is 6.46. The molecule has 0 unspecified atom stereocenters. The third kappa shape index (κ3) is 3.24. The number of para-hydroxylation sites is 1. The highest BCUT2D eigenvalue weighted by Crippen LogP contribution is 2.29. The molecule has 2 atom stereocenters. The van der Waals surface area contributed by atoms with Crippen LogP contribution in [0, 0.1) is 5.92 Å². The van der Waals surface area contributed by atoms with Gasteiger partial charge >= 0.3 is 0 Å². The van der Waals surface area contributed by atoms with Crippen LogP contribution in [-0.4, -0.2) is 52.3 Å². The van der Waals surface area contributed by atoms with Gasteiger partial charge in [-0.15, -0.1) is 0 Å². The molecule has 25 heavy (non-hydrogen) atoms. The van der Waals surface area contributed by atoms with E-state index in [2.05, 4.69) is 15.2 Å². The number of aromatic amines is 1. The monoisotopic (exact) mass is 342 g/mol. The Morgan fingerprint density at radius 3 is 3.12 bits per heavy atom. The lowest BCUT2D eigenvalue weighted by Crippen LogP contribution is -2.47. The van der Waals surface area contributed by atoms with Crippen LogP contribution in [0.1, 0.15) is 30.2 Å². The normalized spacial score (nSPS) is 23.0. The summed E-state index contributed by atoms with van der Waals surface area (Å²) in [6, 6.07) is 7.91. The third-order valence-corrected chi connectivity index (χ3v) is 4.78. The Balaban J connectivity index is 1.43. The highest BCUT2D eigenvalue weighted by molar-refractivity contribution is 5.80. The largest absolute Gasteiger partial charge is 0.492 e. The van der Waals surface area contributed by atoms with Gasteiger partial charge in [0.15, 0.2) is 5.82 Å². The molecule has 1 N–H and O–H groups in total. The van der Waals surface area contributed by atoms with Crippen molar-refractivity contribution in [2.45, 2.75) is 25.9 Å². The summed E-state index contributed by atoms with van der Waals surface area (Å²) in [5.74, 6) is 2.32. The van der Waals surface area contributed by atoms with Gasteiger partial charge in [0.2, 0.25) is 5.91 Å². The van der Waals surface area contributed by atoms with E-state index in [0.717, 1.165) is 30.0 Å². The van der Waals surface area contributed by atoms with Gasteiger partial charge in [-0.05, 0) is 18.1 Å². The summed E-state index contributed by atoms with van der Waals surface area (Å²) < 4.78 is 11.5. The molecule has 1 amide bonds. The smallest absolute Gasteiger partial charge is 0.229 e. The number of carbonyl (C=O) groups excluding carboxylic acids is 1. The van der Waals surface area contributed by atoms with Crippen LogP contribution in [0.4, 0.5) is 0 Å². The summed E-state index contributed by atoms with van der Waals surface area (Å²) in [6.45, 7) is 4.02. The minimum Gasteiger partial charge on any atom is -0.492 e. The SMILES string of the molecule is CCc1nc([C@@H]2CN(C(=O)[C@H]3COc4ccccc4C3)CCO2)n[nH]1. The van der Waals surface area contributed by atoms with Crippen molar-refractivity contribution < 1.29 is 14.3 Å². The third-order valence-electron chi connectivity index (χ3n) is 4.78. The number of amides is 1. The van der Waals surface area contributed by atoms with Gasteiger partial charge in [0.05, 0.1) is 19.1 Å². The first kappa shape index (κ1) is 16.1. The number of fused-ring (bicyclic) bond motifs is 1. The van der Waals surface area contributed by atoms with Crippen LogP contribution in [-0.2, 0) is 22.4 Å². The van der Waals surface area contributed by atoms with E-state index < -0.39 is 0 Å². The maximum Gasteiger partial charge on any atom is 0.229 e. The van der Waals surface area contributed by atoms with Gasteiger partial charge in [-0.3, -0.25) is 9.89 Å². The number of nitrogens with zero attached hydrogens (tertiary/aromatic N) is 3. The number of aryl methyl sites for hydroxylation is 1. The zero-order valence-electron chi connectivity index (χ0n) is 14.3. The number of aromatic nitrogens is 3. The molecule has 7 heteroatoms. The molecule has 0 spiro atoms. The molecule has 3 heterocycles. The average Bonchev–Trinajstić information content (AvgIpc) is 3.16. The fraction of sp³-hybridized carbons (Fsp3) is 0.500. The Labute approximate surface area is 146 Å². The van der Waals surface area contributed by atoms with Gasteiger partial charge in [-0.25, -0.2) is 4.98 Å². The van der Waals surface area contributed by atoms with Gasteiger partial charge in [0.1, 0.15) is 24.3 Å². The Bertz CT molecular complexity index is 760. The van der Waals surface area contributed by atoms with Crippen molar-refractivity contribution in [1.82, 2.24) is 20.1 Å². The molecule has 7 nitrogen and oxygen atoms in total. The summed E-state index contributed by atoms with van der Waals surface area (Å²) in [5, 5.41) is 7.13. The van der Waals surface area contributed by atoms with Gasteiger partial charge < -0.3 is 14.4 Å². The molecule has 1 saturated heterocycles. The zero-order valence-corrected chi connectivity index (χ0v) is 14.3. The Kier molecular flexibility index (Phi) is 4.40. The number of benzene rings is 1. The molecule has 0 saturated carbocycles. The number of morpholine rings is 1. The van der Waals surface area contributed by atoms with E-state index in [-0.39, 0.29) is 17.9 Å². The number of ether oxygens (including phenoxy) is 2. The number of H-pyrrole nitrogens is 1. The minimum atomic E-state index is -0.272. The number of carbonyl (C=O) groups is 1. The summed E-state index contributed by atoms with van der Waals surface area (Å²) in [4.78, 5) is 19.2.